The van der Waals surface area contributed by atoms with Gasteiger partial charge in [-0.05, 0) is 44.0 Å². The maximum Gasteiger partial charge on any atom is 0.150 e. The fourth-order valence-corrected chi connectivity index (χ4v) is 2.51. The molecule has 1 aromatic rings. The first-order valence-electron chi connectivity index (χ1n) is 6.10. The summed E-state index contributed by atoms with van der Waals surface area (Å²) in [7, 11) is 0. The van der Waals surface area contributed by atoms with E-state index in [1.54, 1.807) is 0 Å². The molecule has 0 aromatic heterocycles. The van der Waals surface area contributed by atoms with Gasteiger partial charge >= 0.3 is 0 Å². The van der Waals surface area contributed by atoms with Crippen LogP contribution in [0.1, 0.15) is 29.3 Å². The van der Waals surface area contributed by atoms with Gasteiger partial charge in [-0.15, -0.1) is 0 Å². The molecule has 2 atom stereocenters. The summed E-state index contributed by atoms with van der Waals surface area (Å²) in [5.74, 6) is 0.361. The summed E-state index contributed by atoms with van der Waals surface area (Å²) < 4.78 is 0. The standard InChI is InChI=1S/C14H19NO2/c1-10-7-12(9-16)3-4-14(10)15-6-5-13(8-15)11(2)17/h3-4,7,9,11,13,17H,5-6,8H2,1-2H3. The Hall–Kier alpha value is -1.35. The number of aldehydes is 1. The third-order valence-electron chi connectivity index (χ3n) is 3.60. The minimum absolute atomic E-state index is 0.241. The third-order valence-corrected chi connectivity index (χ3v) is 3.60. The van der Waals surface area contributed by atoms with Gasteiger partial charge in [0.25, 0.3) is 0 Å². The van der Waals surface area contributed by atoms with E-state index in [0.717, 1.165) is 36.9 Å². The first-order chi connectivity index (χ1) is 8.11. The van der Waals surface area contributed by atoms with E-state index in [-0.39, 0.29) is 6.10 Å². The molecule has 0 aliphatic carbocycles. The number of aliphatic hydroxyl groups excluding tert-OH is 1. The lowest BCUT2D eigenvalue weighted by Gasteiger charge is -2.21. The summed E-state index contributed by atoms with van der Waals surface area (Å²) in [5.41, 5.74) is 3.03. The molecule has 2 unspecified atom stereocenters. The molecule has 2 rings (SSSR count). The van der Waals surface area contributed by atoms with Gasteiger partial charge in [0.2, 0.25) is 0 Å². The topological polar surface area (TPSA) is 40.5 Å². The van der Waals surface area contributed by atoms with Crippen molar-refractivity contribution in [2.24, 2.45) is 5.92 Å². The van der Waals surface area contributed by atoms with E-state index in [4.69, 9.17) is 0 Å². The quantitative estimate of drug-likeness (QED) is 0.812. The van der Waals surface area contributed by atoms with Crippen molar-refractivity contribution in [3.63, 3.8) is 0 Å². The predicted octanol–water partition coefficient (Wildman–Crippen LogP) is 2.01. The average molecular weight is 233 g/mol. The minimum Gasteiger partial charge on any atom is -0.393 e. The van der Waals surface area contributed by atoms with Crippen molar-refractivity contribution in [3.8, 4) is 0 Å². The Morgan fingerprint density at radius 1 is 1.53 bits per heavy atom. The molecule has 1 saturated heterocycles. The van der Waals surface area contributed by atoms with Crippen LogP contribution in [0.15, 0.2) is 18.2 Å². The Labute approximate surface area is 102 Å². The second-order valence-corrected chi connectivity index (χ2v) is 4.90. The second kappa shape index (κ2) is 4.88. The van der Waals surface area contributed by atoms with Crippen LogP contribution in [0.2, 0.25) is 0 Å². The van der Waals surface area contributed by atoms with Crippen molar-refractivity contribution >= 4 is 12.0 Å². The van der Waals surface area contributed by atoms with E-state index in [2.05, 4.69) is 4.90 Å². The molecule has 1 fully saturated rings. The van der Waals surface area contributed by atoms with Gasteiger partial charge in [0, 0.05) is 30.3 Å². The number of carbonyl (C=O) groups is 1. The number of nitrogens with zero attached hydrogens (tertiary/aromatic N) is 1. The van der Waals surface area contributed by atoms with Crippen LogP contribution < -0.4 is 4.90 Å². The first-order valence-corrected chi connectivity index (χ1v) is 6.10. The summed E-state index contributed by atoms with van der Waals surface area (Å²) in [4.78, 5) is 13.0. The number of aliphatic hydroxyl groups is 1. The molecule has 1 aliphatic heterocycles. The Kier molecular flexibility index (Phi) is 3.48. The molecule has 0 amide bonds. The molecule has 0 bridgehead atoms. The van der Waals surface area contributed by atoms with E-state index >= 15 is 0 Å². The van der Waals surface area contributed by atoms with Crippen molar-refractivity contribution in [1.82, 2.24) is 0 Å². The number of benzene rings is 1. The fraction of sp³-hybridized carbons (Fsp3) is 0.500. The molecule has 1 aromatic carbocycles. The van der Waals surface area contributed by atoms with Crippen LogP contribution in [-0.2, 0) is 0 Å². The Bertz CT molecular complexity index is 415. The maximum absolute atomic E-state index is 10.7. The zero-order valence-electron chi connectivity index (χ0n) is 10.4. The van der Waals surface area contributed by atoms with E-state index < -0.39 is 0 Å². The zero-order valence-corrected chi connectivity index (χ0v) is 10.4. The molecule has 3 heteroatoms. The van der Waals surface area contributed by atoms with Crippen molar-refractivity contribution in [1.29, 1.82) is 0 Å². The van der Waals surface area contributed by atoms with Gasteiger partial charge in [-0.25, -0.2) is 0 Å². The van der Waals surface area contributed by atoms with Crippen LogP contribution in [0.5, 0.6) is 0 Å². The van der Waals surface area contributed by atoms with Crippen LogP contribution >= 0.6 is 0 Å². The zero-order chi connectivity index (χ0) is 12.4. The lowest BCUT2D eigenvalue weighted by atomic mass is 10.0. The monoisotopic (exact) mass is 233 g/mol. The smallest absolute Gasteiger partial charge is 0.150 e. The normalized spacial score (nSPS) is 21.6. The van der Waals surface area contributed by atoms with Gasteiger partial charge in [0.15, 0.2) is 0 Å². The highest BCUT2D eigenvalue weighted by Gasteiger charge is 2.26. The predicted molar refractivity (Wildman–Crippen MR) is 68.6 cm³/mol. The Morgan fingerprint density at radius 3 is 2.82 bits per heavy atom. The molecular weight excluding hydrogens is 214 g/mol. The van der Waals surface area contributed by atoms with Crippen LogP contribution in [0.25, 0.3) is 0 Å². The minimum atomic E-state index is -0.241. The van der Waals surface area contributed by atoms with Gasteiger partial charge in [0.05, 0.1) is 6.10 Å². The van der Waals surface area contributed by atoms with E-state index in [1.165, 1.54) is 5.69 Å². The molecule has 0 radical (unpaired) electrons. The summed E-state index contributed by atoms with van der Waals surface area (Å²) in [6.07, 6.45) is 1.67. The fourth-order valence-electron chi connectivity index (χ4n) is 2.51. The van der Waals surface area contributed by atoms with Gasteiger partial charge in [-0.3, -0.25) is 4.79 Å². The number of hydrogen-bond acceptors (Lipinski definition) is 3. The summed E-state index contributed by atoms with van der Waals surface area (Å²) >= 11 is 0. The van der Waals surface area contributed by atoms with Crippen molar-refractivity contribution in [3.05, 3.63) is 29.3 Å². The highest BCUT2D eigenvalue weighted by molar-refractivity contribution is 5.77. The number of rotatable bonds is 3. The number of hydrogen-bond donors (Lipinski definition) is 1. The van der Waals surface area contributed by atoms with Crippen LogP contribution in [-0.4, -0.2) is 30.6 Å². The number of anilines is 1. The maximum atomic E-state index is 10.7. The molecule has 92 valence electrons. The molecular formula is C14H19NO2. The lowest BCUT2D eigenvalue weighted by molar-refractivity contribution is 0.112. The van der Waals surface area contributed by atoms with Crippen molar-refractivity contribution in [2.45, 2.75) is 26.4 Å². The number of aryl methyl sites for hydroxylation is 1. The lowest BCUT2D eigenvalue weighted by Crippen LogP contribution is -2.24. The molecule has 0 spiro atoms. The van der Waals surface area contributed by atoms with E-state index in [0.29, 0.717) is 5.92 Å². The van der Waals surface area contributed by atoms with Crippen molar-refractivity contribution < 1.29 is 9.90 Å². The highest BCUT2D eigenvalue weighted by atomic mass is 16.3. The highest BCUT2D eigenvalue weighted by Crippen LogP contribution is 2.28. The van der Waals surface area contributed by atoms with Gasteiger partial charge in [-0.1, -0.05) is 0 Å². The number of carbonyl (C=O) groups excluding carboxylic acids is 1. The molecule has 17 heavy (non-hydrogen) atoms. The second-order valence-electron chi connectivity index (χ2n) is 4.90. The first kappa shape index (κ1) is 12.1. The molecule has 3 nitrogen and oxygen atoms in total. The van der Waals surface area contributed by atoms with Gasteiger partial charge in [0.1, 0.15) is 6.29 Å². The largest absolute Gasteiger partial charge is 0.393 e. The van der Waals surface area contributed by atoms with Crippen LogP contribution in [0, 0.1) is 12.8 Å². The van der Waals surface area contributed by atoms with Gasteiger partial charge < -0.3 is 10.0 Å². The van der Waals surface area contributed by atoms with E-state index in [9.17, 15) is 9.90 Å². The molecule has 1 aliphatic rings. The Morgan fingerprint density at radius 2 is 2.29 bits per heavy atom. The van der Waals surface area contributed by atoms with Crippen molar-refractivity contribution in [2.75, 3.05) is 18.0 Å². The summed E-state index contributed by atoms with van der Waals surface area (Å²) in [6.45, 7) is 5.77. The van der Waals surface area contributed by atoms with E-state index in [1.807, 2.05) is 32.0 Å². The van der Waals surface area contributed by atoms with Crippen LogP contribution in [0.4, 0.5) is 5.69 Å². The SMILES string of the molecule is Cc1cc(C=O)ccc1N1CCC(C(C)O)C1. The van der Waals surface area contributed by atoms with Crippen LogP contribution in [0.3, 0.4) is 0 Å². The van der Waals surface area contributed by atoms with Gasteiger partial charge in [-0.2, -0.15) is 0 Å². The third kappa shape index (κ3) is 2.50. The summed E-state index contributed by atoms with van der Waals surface area (Å²) in [5, 5.41) is 9.60. The molecule has 0 saturated carbocycles. The molecule has 1 heterocycles. The average Bonchev–Trinajstić information content (AvgIpc) is 2.78. The Balaban J connectivity index is 2.16. The summed E-state index contributed by atoms with van der Waals surface area (Å²) in [6, 6.07) is 5.77. The molecule has 1 N–H and O–H groups in total.